The Morgan fingerprint density at radius 3 is 0.682 bits per heavy atom. The molecule has 85 heavy (non-hydrogen) atoms. The molecule has 0 unspecified atom stereocenters. The summed E-state index contributed by atoms with van der Waals surface area (Å²) in [5.74, 6) is 3.97. The number of nitrogens with zero attached hydrogens (tertiary/aromatic N) is 9. The van der Waals surface area contributed by atoms with Gasteiger partial charge in [0, 0.05) is 85.1 Å². The molecule has 0 amide bonds. The Bertz CT molecular complexity index is 3890. The van der Waals surface area contributed by atoms with Gasteiger partial charge in [-0.1, -0.05) is 91.0 Å². The monoisotopic (exact) mass is 1120 g/mol. The Labute approximate surface area is 489 Å². The number of hydrogen-bond donors (Lipinski definition) is 13. The van der Waals surface area contributed by atoms with Gasteiger partial charge in [0.05, 0.1) is 0 Å². The topological polar surface area (TPSA) is 356 Å². The third-order valence-electron chi connectivity index (χ3n) is 12.0. The van der Waals surface area contributed by atoms with Crippen molar-refractivity contribution in [3.8, 4) is 22.8 Å². The standard InChI is InChI=1S/C21H20N8.2C21H19N7/c22-14-6-10-17(11-7-14)25-20-27-19(24-16-4-2-1-3-5-16)28-21(29-20)26-18-12-8-15(23)9-13-18;22-15-8-4-10-17(12-15)24-20-26-19(14-6-2-1-3-7-14)27-21(28-20)25-18-11-5-9-16(23)13-18;22-15-6-10-17(11-7-15)24-20-26-19(14-4-2-1-3-5-14)27-21(28-20)25-18-12-8-16(23)9-13-18/h1-13H,22-23H2,(H3,24,25,26,27,28,29);2*1-13H,22-23H2,(H2,24,25,26,27,28). The molecule has 22 nitrogen and oxygen atoms in total. The third kappa shape index (κ3) is 16.7. The van der Waals surface area contributed by atoms with Crippen molar-refractivity contribution >= 4 is 116 Å². The summed E-state index contributed by atoms with van der Waals surface area (Å²) in [6.07, 6.45) is 0. The molecule has 3 heterocycles. The van der Waals surface area contributed by atoms with Crippen molar-refractivity contribution in [2.24, 2.45) is 0 Å². The van der Waals surface area contributed by atoms with Crippen molar-refractivity contribution in [1.82, 2.24) is 44.9 Å². The minimum atomic E-state index is 0.390. The van der Waals surface area contributed by atoms with Crippen LogP contribution < -0.4 is 71.6 Å². The number of para-hydroxylation sites is 1. The fourth-order valence-corrected chi connectivity index (χ4v) is 7.88. The van der Waals surface area contributed by atoms with Crippen molar-refractivity contribution in [2.45, 2.75) is 0 Å². The van der Waals surface area contributed by atoms with Gasteiger partial charge < -0.3 is 71.6 Å². The summed E-state index contributed by atoms with van der Waals surface area (Å²) in [6, 6.07) is 73.3. The van der Waals surface area contributed by atoms with E-state index in [0.717, 1.165) is 50.9 Å². The Balaban J connectivity index is 0.000000142. The molecule has 9 aromatic carbocycles. The molecule has 0 saturated carbocycles. The number of anilines is 20. The van der Waals surface area contributed by atoms with Gasteiger partial charge in [-0.2, -0.15) is 44.9 Å². The van der Waals surface area contributed by atoms with E-state index >= 15 is 0 Å². The van der Waals surface area contributed by atoms with Gasteiger partial charge in [0.2, 0.25) is 41.6 Å². The van der Waals surface area contributed by atoms with Crippen LogP contribution in [-0.4, -0.2) is 44.9 Å². The summed E-state index contributed by atoms with van der Waals surface area (Å²) in [5.41, 5.74) is 46.3. The second-order valence-electron chi connectivity index (χ2n) is 18.6. The van der Waals surface area contributed by atoms with Crippen molar-refractivity contribution < 1.29 is 0 Å². The third-order valence-corrected chi connectivity index (χ3v) is 12.0. The van der Waals surface area contributed by atoms with Crippen LogP contribution in [0.4, 0.5) is 116 Å². The predicted octanol–water partition coefficient (Wildman–Crippen LogP) is 12.6. The van der Waals surface area contributed by atoms with Crippen LogP contribution in [0.2, 0.25) is 0 Å². The second kappa shape index (κ2) is 27.0. The van der Waals surface area contributed by atoms with Gasteiger partial charge in [-0.05, 0) is 146 Å². The number of nitrogens with one attached hydrogen (secondary N) is 7. The number of nitrogens with two attached hydrogens (primary N) is 6. The largest absolute Gasteiger partial charge is 0.399 e. The maximum Gasteiger partial charge on any atom is 0.233 e. The van der Waals surface area contributed by atoms with Crippen LogP contribution in [0.5, 0.6) is 0 Å². The average Bonchev–Trinajstić information content (AvgIpc) is 3.71. The Kier molecular flexibility index (Phi) is 17.7. The number of hydrogen-bond acceptors (Lipinski definition) is 22. The Morgan fingerprint density at radius 2 is 0.412 bits per heavy atom. The lowest BCUT2D eigenvalue weighted by Gasteiger charge is -2.12. The minimum Gasteiger partial charge on any atom is -0.399 e. The molecule has 0 radical (unpaired) electrons. The molecule has 3 aromatic heterocycles. The summed E-state index contributed by atoms with van der Waals surface area (Å²) in [6.45, 7) is 0. The second-order valence-corrected chi connectivity index (χ2v) is 18.6. The number of nitrogen functional groups attached to an aromatic ring is 6. The lowest BCUT2D eigenvalue weighted by Crippen LogP contribution is -2.07. The lowest BCUT2D eigenvalue weighted by molar-refractivity contribution is 1.06. The lowest BCUT2D eigenvalue weighted by atomic mass is 10.2. The van der Waals surface area contributed by atoms with Crippen molar-refractivity contribution in [3.63, 3.8) is 0 Å². The van der Waals surface area contributed by atoms with Crippen LogP contribution in [-0.2, 0) is 0 Å². The molecule has 0 saturated heterocycles. The highest BCUT2D eigenvalue weighted by atomic mass is 15.3. The van der Waals surface area contributed by atoms with Gasteiger partial charge in [-0.3, -0.25) is 0 Å². The van der Waals surface area contributed by atoms with Gasteiger partial charge in [-0.25, -0.2) is 0 Å². The summed E-state index contributed by atoms with van der Waals surface area (Å²) in [7, 11) is 0. The van der Waals surface area contributed by atoms with Crippen LogP contribution >= 0.6 is 0 Å². The molecule has 0 aliphatic heterocycles. The van der Waals surface area contributed by atoms with Crippen LogP contribution in [0.3, 0.4) is 0 Å². The molecule has 0 aliphatic rings. The molecule has 0 bridgehead atoms. The highest BCUT2D eigenvalue weighted by Crippen LogP contribution is 2.27. The zero-order valence-electron chi connectivity index (χ0n) is 45.5. The quantitative estimate of drug-likeness (QED) is 0.0400. The summed E-state index contributed by atoms with van der Waals surface area (Å²) >= 11 is 0. The summed E-state index contributed by atoms with van der Waals surface area (Å²) in [5, 5.41) is 22.3. The smallest absolute Gasteiger partial charge is 0.233 e. The fraction of sp³-hybridized carbons (Fsp3) is 0. The molecular formula is C63H58N22. The maximum atomic E-state index is 5.86. The normalized spacial score (nSPS) is 10.4. The van der Waals surface area contributed by atoms with E-state index in [1.807, 2.05) is 212 Å². The first-order valence-electron chi connectivity index (χ1n) is 26.4. The van der Waals surface area contributed by atoms with Gasteiger partial charge >= 0.3 is 0 Å². The van der Waals surface area contributed by atoms with Gasteiger partial charge in [0.15, 0.2) is 11.6 Å². The van der Waals surface area contributed by atoms with E-state index in [1.54, 1.807) is 24.3 Å². The maximum absolute atomic E-state index is 5.86. The van der Waals surface area contributed by atoms with Crippen LogP contribution in [0.15, 0.2) is 237 Å². The van der Waals surface area contributed by atoms with E-state index in [0.29, 0.717) is 87.4 Å². The molecule has 22 heteroatoms. The molecule has 0 atom stereocenters. The predicted molar refractivity (Wildman–Crippen MR) is 345 cm³/mol. The Hall–Kier alpha value is -12.6. The van der Waals surface area contributed by atoms with Gasteiger partial charge in [-0.15, -0.1) is 0 Å². The molecule has 12 rings (SSSR count). The summed E-state index contributed by atoms with van der Waals surface area (Å²) < 4.78 is 0. The minimum absolute atomic E-state index is 0.390. The highest BCUT2D eigenvalue weighted by molar-refractivity contribution is 5.69. The zero-order chi connectivity index (χ0) is 58.7. The van der Waals surface area contributed by atoms with E-state index < -0.39 is 0 Å². The number of rotatable bonds is 16. The van der Waals surface area contributed by atoms with E-state index in [2.05, 4.69) is 82.1 Å². The fourth-order valence-electron chi connectivity index (χ4n) is 7.88. The molecular weight excluding hydrogens is 1060 g/mol. The first-order chi connectivity index (χ1) is 41.4. The highest BCUT2D eigenvalue weighted by Gasteiger charge is 2.13. The molecule has 19 N–H and O–H groups in total. The number of benzene rings is 9. The van der Waals surface area contributed by atoms with Gasteiger partial charge in [0.25, 0.3) is 0 Å². The van der Waals surface area contributed by atoms with E-state index in [4.69, 9.17) is 34.4 Å². The molecule has 0 aliphatic carbocycles. The van der Waals surface area contributed by atoms with E-state index in [-0.39, 0.29) is 0 Å². The first-order valence-corrected chi connectivity index (χ1v) is 26.4. The molecule has 420 valence electrons. The first kappa shape index (κ1) is 55.7. The zero-order valence-corrected chi connectivity index (χ0v) is 45.5. The molecule has 0 fully saturated rings. The number of aromatic nitrogens is 9. The van der Waals surface area contributed by atoms with Crippen LogP contribution in [0.1, 0.15) is 0 Å². The van der Waals surface area contributed by atoms with Crippen LogP contribution in [0, 0.1) is 0 Å². The van der Waals surface area contributed by atoms with Gasteiger partial charge in [0.1, 0.15) is 0 Å². The van der Waals surface area contributed by atoms with E-state index in [9.17, 15) is 0 Å². The van der Waals surface area contributed by atoms with Crippen molar-refractivity contribution in [1.29, 1.82) is 0 Å². The molecule has 12 aromatic rings. The van der Waals surface area contributed by atoms with Crippen molar-refractivity contribution in [3.05, 3.63) is 237 Å². The molecule has 0 spiro atoms. The van der Waals surface area contributed by atoms with Crippen molar-refractivity contribution in [2.75, 3.05) is 71.6 Å². The Morgan fingerprint density at radius 1 is 0.188 bits per heavy atom. The average molecular weight is 1120 g/mol. The van der Waals surface area contributed by atoms with Crippen LogP contribution in [0.25, 0.3) is 22.8 Å². The SMILES string of the molecule is Nc1ccc(Nc2nc(Nc3ccc(N)cc3)nc(-c3ccccc3)n2)cc1.Nc1ccc(Nc2nc(Nc3ccccc3)nc(Nc3ccc(N)cc3)n2)cc1.Nc1cccc(Nc2nc(Nc3cccc(N)c3)nc(-c3ccccc3)n2)c1. The van der Waals surface area contributed by atoms with E-state index in [1.165, 1.54) is 0 Å². The summed E-state index contributed by atoms with van der Waals surface area (Å²) in [4.78, 5) is 40.6.